The maximum Gasteiger partial charge on any atom is 0.251 e. The Balaban J connectivity index is 1.98. The summed E-state index contributed by atoms with van der Waals surface area (Å²) < 4.78 is 0. The number of nitrogens with one attached hydrogen (secondary N) is 1. The molecule has 1 aliphatic rings. The van der Waals surface area contributed by atoms with Crippen molar-refractivity contribution in [1.82, 2.24) is 5.32 Å². The summed E-state index contributed by atoms with van der Waals surface area (Å²) in [6.45, 7) is 2.42. The van der Waals surface area contributed by atoms with Gasteiger partial charge in [-0.2, -0.15) is 0 Å². The first-order chi connectivity index (χ1) is 9.56. The lowest BCUT2D eigenvalue weighted by Crippen LogP contribution is -2.40. The van der Waals surface area contributed by atoms with Crippen LogP contribution in [0.2, 0.25) is 0 Å². The second kappa shape index (κ2) is 6.49. The summed E-state index contributed by atoms with van der Waals surface area (Å²) in [4.78, 5) is 12.2. The van der Waals surface area contributed by atoms with Gasteiger partial charge in [0.15, 0.2) is 0 Å². The number of aryl methyl sites for hydroxylation is 1. The van der Waals surface area contributed by atoms with Crippen LogP contribution in [0.5, 0.6) is 5.75 Å². The van der Waals surface area contributed by atoms with E-state index in [0.29, 0.717) is 23.6 Å². The second-order valence-corrected chi connectivity index (χ2v) is 6.15. The third-order valence-electron chi connectivity index (χ3n) is 4.28. The number of rotatable bonds is 4. The van der Waals surface area contributed by atoms with Crippen LogP contribution < -0.4 is 5.32 Å². The van der Waals surface area contributed by atoms with Crippen molar-refractivity contribution in [3.63, 3.8) is 0 Å². The number of carbonyl (C=O) groups excluding carboxylic acids is 1. The lowest BCUT2D eigenvalue weighted by molar-refractivity contribution is 0.0921. The molecule has 1 fully saturated rings. The Morgan fingerprint density at radius 3 is 2.65 bits per heavy atom. The molecule has 2 N–H and O–H groups in total. The molecular formula is C16H22ClNO2. The summed E-state index contributed by atoms with van der Waals surface area (Å²) in [5.74, 6) is 0.719. The summed E-state index contributed by atoms with van der Waals surface area (Å²) in [6.07, 6.45) is 5.84. The third-order valence-corrected chi connectivity index (χ3v) is 4.85. The van der Waals surface area contributed by atoms with Gasteiger partial charge in [0.25, 0.3) is 5.91 Å². The van der Waals surface area contributed by atoms with E-state index < -0.39 is 0 Å². The van der Waals surface area contributed by atoms with Crippen molar-refractivity contribution in [2.75, 3.05) is 12.4 Å². The quantitative estimate of drug-likeness (QED) is 0.834. The van der Waals surface area contributed by atoms with Crippen molar-refractivity contribution < 1.29 is 9.90 Å². The average Bonchev–Trinajstić information content (AvgIpc) is 2.48. The van der Waals surface area contributed by atoms with E-state index in [1.807, 2.05) is 0 Å². The number of aromatic hydroxyl groups is 1. The van der Waals surface area contributed by atoms with Gasteiger partial charge in [0.1, 0.15) is 5.75 Å². The van der Waals surface area contributed by atoms with Crippen molar-refractivity contribution in [3.8, 4) is 5.75 Å². The van der Waals surface area contributed by atoms with Crippen molar-refractivity contribution in [2.24, 2.45) is 5.41 Å². The van der Waals surface area contributed by atoms with Crippen LogP contribution in [0.15, 0.2) is 18.2 Å². The van der Waals surface area contributed by atoms with E-state index in [0.717, 1.165) is 12.8 Å². The maximum absolute atomic E-state index is 12.2. The average molecular weight is 296 g/mol. The highest BCUT2D eigenvalue weighted by molar-refractivity contribution is 6.18. The first-order valence-corrected chi connectivity index (χ1v) is 7.74. The van der Waals surface area contributed by atoms with Gasteiger partial charge in [-0.25, -0.2) is 0 Å². The van der Waals surface area contributed by atoms with E-state index in [1.54, 1.807) is 25.1 Å². The summed E-state index contributed by atoms with van der Waals surface area (Å²) in [6, 6.07) is 4.91. The minimum atomic E-state index is -0.0943. The fourth-order valence-electron chi connectivity index (χ4n) is 2.83. The van der Waals surface area contributed by atoms with E-state index >= 15 is 0 Å². The zero-order valence-electron chi connectivity index (χ0n) is 11.9. The largest absolute Gasteiger partial charge is 0.508 e. The number of hydrogen-bond acceptors (Lipinski definition) is 2. The number of carbonyl (C=O) groups is 1. The number of phenolic OH excluding ortho intramolecular Hbond substituents is 1. The van der Waals surface area contributed by atoms with E-state index in [9.17, 15) is 9.90 Å². The standard InChI is InChI=1S/C16H22ClNO2/c1-12-9-13(5-6-14(12)19)15(20)18-11-16(10-17)7-3-2-4-8-16/h5-6,9,19H,2-4,7-8,10-11H2,1H3,(H,18,20). The number of halogens is 1. The molecule has 2 rings (SSSR count). The van der Waals surface area contributed by atoms with Gasteiger partial charge in [0.05, 0.1) is 0 Å². The molecule has 1 aromatic carbocycles. The van der Waals surface area contributed by atoms with Crippen LogP contribution in [-0.2, 0) is 0 Å². The highest BCUT2D eigenvalue weighted by atomic mass is 35.5. The van der Waals surface area contributed by atoms with Gasteiger partial charge in [-0.05, 0) is 43.5 Å². The Labute approximate surface area is 125 Å². The Bertz CT molecular complexity index is 481. The minimum absolute atomic E-state index is 0.0570. The molecule has 1 aliphatic carbocycles. The summed E-state index contributed by atoms with van der Waals surface area (Å²) in [5, 5.41) is 12.5. The summed E-state index contributed by atoms with van der Waals surface area (Å²) >= 11 is 6.13. The fraction of sp³-hybridized carbons (Fsp3) is 0.562. The van der Waals surface area contributed by atoms with Crippen LogP contribution >= 0.6 is 11.6 Å². The molecule has 0 saturated heterocycles. The van der Waals surface area contributed by atoms with E-state index in [1.165, 1.54) is 19.3 Å². The molecule has 1 amide bonds. The Hall–Kier alpha value is -1.22. The van der Waals surface area contributed by atoms with Crippen molar-refractivity contribution in [1.29, 1.82) is 0 Å². The molecule has 0 heterocycles. The van der Waals surface area contributed by atoms with Gasteiger partial charge in [-0.1, -0.05) is 19.3 Å². The van der Waals surface area contributed by atoms with E-state index in [-0.39, 0.29) is 17.1 Å². The Kier molecular flexibility index (Phi) is 4.92. The molecular weight excluding hydrogens is 274 g/mol. The fourth-order valence-corrected chi connectivity index (χ4v) is 3.19. The highest BCUT2D eigenvalue weighted by Crippen LogP contribution is 2.36. The number of amides is 1. The molecule has 0 radical (unpaired) electrons. The highest BCUT2D eigenvalue weighted by Gasteiger charge is 2.31. The van der Waals surface area contributed by atoms with Crippen molar-refractivity contribution in [2.45, 2.75) is 39.0 Å². The molecule has 20 heavy (non-hydrogen) atoms. The molecule has 1 saturated carbocycles. The molecule has 1 aromatic rings. The molecule has 0 unspecified atom stereocenters. The number of hydrogen-bond donors (Lipinski definition) is 2. The number of benzene rings is 1. The monoisotopic (exact) mass is 295 g/mol. The zero-order chi connectivity index (χ0) is 14.6. The van der Waals surface area contributed by atoms with E-state index in [4.69, 9.17) is 11.6 Å². The lowest BCUT2D eigenvalue weighted by Gasteiger charge is -2.35. The molecule has 110 valence electrons. The van der Waals surface area contributed by atoms with Crippen LogP contribution in [0.3, 0.4) is 0 Å². The Morgan fingerprint density at radius 1 is 1.35 bits per heavy atom. The second-order valence-electron chi connectivity index (χ2n) is 5.88. The van der Waals surface area contributed by atoms with Crippen LogP contribution in [0.25, 0.3) is 0 Å². The SMILES string of the molecule is Cc1cc(C(=O)NCC2(CCl)CCCCC2)ccc1O. The molecule has 0 bridgehead atoms. The minimum Gasteiger partial charge on any atom is -0.508 e. The molecule has 0 aromatic heterocycles. The first-order valence-electron chi connectivity index (χ1n) is 7.20. The molecule has 3 nitrogen and oxygen atoms in total. The summed E-state index contributed by atoms with van der Waals surface area (Å²) in [7, 11) is 0. The van der Waals surface area contributed by atoms with Crippen molar-refractivity contribution >= 4 is 17.5 Å². The topological polar surface area (TPSA) is 49.3 Å². The van der Waals surface area contributed by atoms with Crippen LogP contribution in [0, 0.1) is 12.3 Å². The normalized spacial score (nSPS) is 17.7. The van der Waals surface area contributed by atoms with Crippen LogP contribution in [-0.4, -0.2) is 23.4 Å². The van der Waals surface area contributed by atoms with E-state index in [2.05, 4.69) is 5.32 Å². The third kappa shape index (κ3) is 3.45. The van der Waals surface area contributed by atoms with Crippen LogP contribution in [0.4, 0.5) is 0 Å². The van der Waals surface area contributed by atoms with Gasteiger partial charge in [0.2, 0.25) is 0 Å². The number of phenols is 1. The van der Waals surface area contributed by atoms with Gasteiger partial charge >= 0.3 is 0 Å². The summed E-state index contributed by atoms with van der Waals surface area (Å²) in [5.41, 5.74) is 1.35. The van der Waals surface area contributed by atoms with Gasteiger partial charge < -0.3 is 10.4 Å². The Morgan fingerprint density at radius 2 is 2.05 bits per heavy atom. The van der Waals surface area contributed by atoms with Crippen molar-refractivity contribution in [3.05, 3.63) is 29.3 Å². The maximum atomic E-state index is 12.2. The van der Waals surface area contributed by atoms with Gasteiger partial charge in [-0.3, -0.25) is 4.79 Å². The predicted octanol–water partition coefficient (Wildman–Crippen LogP) is 3.62. The molecule has 4 heteroatoms. The van der Waals surface area contributed by atoms with Gasteiger partial charge in [-0.15, -0.1) is 11.6 Å². The first kappa shape index (κ1) is 15.2. The predicted molar refractivity (Wildman–Crippen MR) is 81.4 cm³/mol. The lowest BCUT2D eigenvalue weighted by atomic mass is 9.75. The molecule has 0 spiro atoms. The zero-order valence-corrected chi connectivity index (χ0v) is 12.7. The smallest absolute Gasteiger partial charge is 0.251 e. The van der Waals surface area contributed by atoms with Crippen LogP contribution in [0.1, 0.15) is 48.0 Å². The van der Waals surface area contributed by atoms with Gasteiger partial charge in [0, 0.05) is 23.4 Å². The molecule has 0 atom stereocenters. The molecule has 0 aliphatic heterocycles. The number of alkyl halides is 1.